The Morgan fingerprint density at radius 3 is 2.61 bits per heavy atom. The van der Waals surface area contributed by atoms with E-state index in [1.54, 1.807) is 12.4 Å². The molecule has 0 radical (unpaired) electrons. The number of aliphatic imine (C=N–C) groups is 2. The number of anilines is 3. The number of rotatable bonds is 5. The van der Waals surface area contributed by atoms with Crippen LogP contribution in [-0.4, -0.2) is 59.7 Å². The highest BCUT2D eigenvalue weighted by molar-refractivity contribution is 6.37. The lowest BCUT2D eigenvalue weighted by Crippen LogP contribution is -2.32. The Bertz CT molecular complexity index is 1850. The highest BCUT2D eigenvalue weighted by Crippen LogP contribution is 2.29. The van der Waals surface area contributed by atoms with E-state index >= 15 is 0 Å². The molecular weight excluding hydrogens is 546 g/mol. The molecule has 0 aromatic heterocycles. The Balaban J connectivity index is 1.23. The summed E-state index contributed by atoms with van der Waals surface area (Å²) in [5, 5.41) is 3.16. The monoisotopic (exact) mass is 582 g/mol. The van der Waals surface area contributed by atoms with Crippen LogP contribution in [-0.2, 0) is 0 Å². The minimum absolute atomic E-state index is 0.160. The Labute approximate surface area is 258 Å². The predicted octanol–water partition coefficient (Wildman–Crippen LogP) is 5.37. The zero-order valence-electron chi connectivity index (χ0n) is 25.5. The molecule has 0 saturated heterocycles. The Hall–Kier alpha value is -5.42. The van der Waals surface area contributed by atoms with Gasteiger partial charge in [0.25, 0.3) is 5.91 Å². The highest BCUT2D eigenvalue weighted by atomic mass is 16.1. The van der Waals surface area contributed by atoms with Crippen LogP contribution in [0.15, 0.2) is 95.1 Å². The fraction of sp³-hybridized carbons (Fsp3) is 0.222. The number of benzene rings is 3. The second-order valence-electron chi connectivity index (χ2n) is 11.5. The molecular formula is C36H36N7O+. The van der Waals surface area contributed by atoms with Crippen LogP contribution in [0.3, 0.4) is 0 Å². The first-order chi connectivity index (χ1) is 21.2. The van der Waals surface area contributed by atoms with Crippen LogP contribution in [0.25, 0.3) is 0 Å². The second-order valence-corrected chi connectivity index (χ2v) is 11.5. The van der Waals surface area contributed by atoms with Gasteiger partial charge in [-0.2, -0.15) is 0 Å². The highest BCUT2D eigenvalue weighted by Gasteiger charge is 2.28. The maximum absolute atomic E-state index is 13.6. The molecule has 3 N–H and O–H groups in total. The van der Waals surface area contributed by atoms with Gasteiger partial charge in [0.05, 0.1) is 5.71 Å². The zero-order chi connectivity index (χ0) is 30.8. The first kappa shape index (κ1) is 28.7. The maximum atomic E-state index is 13.6. The van der Waals surface area contributed by atoms with E-state index in [0.717, 1.165) is 58.4 Å². The number of fused-ring (bicyclic) bond motifs is 1. The van der Waals surface area contributed by atoms with Crippen molar-refractivity contribution in [3.63, 3.8) is 0 Å². The topological polar surface area (TPSA) is 89.3 Å². The average Bonchev–Trinajstić information content (AvgIpc) is 3.43. The summed E-state index contributed by atoms with van der Waals surface area (Å²) in [7, 11) is 2.07. The van der Waals surface area contributed by atoms with Crippen LogP contribution in [0, 0.1) is 18.8 Å². The molecule has 220 valence electrons. The molecule has 8 heteroatoms. The zero-order valence-corrected chi connectivity index (χ0v) is 25.5. The molecule has 3 aromatic carbocycles. The van der Waals surface area contributed by atoms with Gasteiger partial charge < -0.3 is 20.9 Å². The molecule has 0 saturated carbocycles. The van der Waals surface area contributed by atoms with Crippen LogP contribution in [0.5, 0.6) is 0 Å². The first-order valence-corrected chi connectivity index (χ1v) is 14.8. The van der Waals surface area contributed by atoms with Crippen LogP contribution >= 0.6 is 0 Å². The van der Waals surface area contributed by atoms with Gasteiger partial charge in [0.2, 0.25) is 5.71 Å². The SMILES string of the molecule is Cc1c(C#CC2=[N+]3CC(c4ccc(N)cc4)=NC=C3N=C2)cccc1C(=O)Nc1cc(C(C)C)cc(N2C=CN(C)CC2)c1. The van der Waals surface area contributed by atoms with Crippen molar-refractivity contribution in [2.24, 2.45) is 9.98 Å². The van der Waals surface area contributed by atoms with Crippen LogP contribution in [0.2, 0.25) is 0 Å². The van der Waals surface area contributed by atoms with Crippen molar-refractivity contribution in [1.29, 1.82) is 0 Å². The number of amides is 1. The van der Waals surface area contributed by atoms with Crippen molar-refractivity contribution in [3.8, 4) is 11.8 Å². The number of nitrogens with one attached hydrogen (secondary N) is 1. The molecule has 44 heavy (non-hydrogen) atoms. The normalized spacial score (nSPS) is 15.6. The minimum Gasteiger partial charge on any atom is -0.399 e. The minimum atomic E-state index is -0.160. The first-order valence-electron chi connectivity index (χ1n) is 14.8. The number of nitrogens with zero attached hydrogens (tertiary/aromatic N) is 5. The number of nitrogen functional groups attached to an aromatic ring is 1. The van der Waals surface area contributed by atoms with E-state index in [2.05, 4.69) is 82.4 Å². The van der Waals surface area contributed by atoms with Gasteiger partial charge in [-0.1, -0.05) is 38.0 Å². The maximum Gasteiger partial charge on any atom is 0.342 e. The Morgan fingerprint density at radius 2 is 1.86 bits per heavy atom. The molecule has 0 bridgehead atoms. The Kier molecular flexibility index (Phi) is 7.86. The number of nitrogens with two attached hydrogens (primary N) is 1. The average molecular weight is 583 g/mol. The smallest absolute Gasteiger partial charge is 0.342 e. The van der Waals surface area contributed by atoms with E-state index < -0.39 is 0 Å². The molecule has 3 aromatic rings. The van der Waals surface area contributed by atoms with Crippen molar-refractivity contribution in [1.82, 2.24) is 4.90 Å². The fourth-order valence-corrected chi connectivity index (χ4v) is 5.30. The van der Waals surface area contributed by atoms with Crippen molar-refractivity contribution >= 4 is 40.6 Å². The van der Waals surface area contributed by atoms with E-state index in [9.17, 15) is 4.79 Å². The third-order valence-corrected chi connectivity index (χ3v) is 8.07. The van der Waals surface area contributed by atoms with E-state index in [0.29, 0.717) is 23.7 Å². The molecule has 0 atom stereocenters. The third-order valence-electron chi connectivity index (χ3n) is 8.07. The quantitative estimate of drug-likeness (QED) is 0.241. The molecule has 0 spiro atoms. The van der Waals surface area contributed by atoms with Gasteiger partial charge >= 0.3 is 5.82 Å². The fourth-order valence-electron chi connectivity index (χ4n) is 5.30. The summed E-state index contributed by atoms with van der Waals surface area (Å²) in [6, 6.07) is 19.7. The van der Waals surface area contributed by atoms with E-state index in [4.69, 9.17) is 5.73 Å². The van der Waals surface area contributed by atoms with Crippen LogP contribution in [0.4, 0.5) is 17.1 Å². The van der Waals surface area contributed by atoms with Crippen molar-refractivity contribution in [3.05, 3.63) is 113 Å². The number of likely N-dealkylation sites (N-methyl/N-ethyl adjacent to an activating group) is 1. The Morgan fingerprint density at radius 1 is 1.05 bits per heavy atom. The lowest BCUT2D eigenvalue weighted by molar-refractivity contribution is -0.457. The molecule has 3 aliphatic rings. The van der Waals surface area contributed by atoms with Crippen LogP contribution < -0.4 is 16.0 Å². The number of carbonyl (C=O) groups is 1. The largest absolute Gasteiger partial charge is 0.399 e. The van der Waals surface area contributed by atoms with Gasteiger partial charge in [-0.3, -0.25) is 4.79 Å². The summed E-state index contributed by atoms with van der Waals surface area (Å²) in [6.45, 7) is 8.65. The predicted molar refractivity (Wildman–Crippen MR) is 180 cm³/mol. The summed E-state index contributed by atoms with van der Waals surface area (Å²) in [5.74, 6) is 7.49. The van der Waals surface area contributed by atoms with Gasteiger partial charge in [-0.15, -0.1) is 0 Å². The molecule has 0 fully saturated rings. The van der Waals surface area contributed by atoms with Gasteiger partial charge in [0.15, 0.2) is 6.21 Å². The van der Waals surface area contributed by atoms with Gasteiger partial charge in [0.1, 0.15) is 12.7 Å². The van der Waals surface area contributed by atoms with E-state index in [1.165, 1.54) is 5.56 Å². The molecule has 1 amide bonds. The molecule has 6 rings (SSSR count). The van der Waals surface area contributed by atoms with Crippen LogP contribution in [0.1, 0.15) is 52.4 Å². The van der Waals surface area contributed by atoms with Gasteiger partial charge in [0, 0.05) is 66.3 Å². The third kappa shape index (κ3) is 6.04. The number of carbonyl (C=O) groups excluding carboxylic acids is 1. The second kappa shape index (κ2) is 12.1. The van der Waals surface area contributed by atoms with E-state index in [1.807, 2.05) is 60.0 Å². The number of hydrogen-bond acceptors (Lipinski definition) is 6. The summed E-state index contributed by atoms with van der Waals surface area (Å²) in [4.78, 5) is 27.1. The molecule has 0 aliphatic carbocycles. The van der Waals surface area contributed by atoms with Crippen molar-refractivity contribution in [2.75, 3.05) is 42.6 Å². The van der Waals surface area contributed by atoms with Crippen molar-refractivity contribution in [2.45, 2.75) is 26.7 Å². The van der Waals surface area contributed by atoms with Gasteiger partial charge in [-0.05, 0) is 77.3 Å². The summed E-state index contributed by atoms with van der Waals surface area (Å²) < 4.78 is 2.05. The summed E-state index contributed by atoms with van der Waals surface area (Å²) in [6.07, 6.45) is 7.68. The van der Waals surface area contributed by atoms with Gasteiger partial charge in [-0.25, -0.2) is 9.57 Å². The lowest BCUT2D eigenvalue weighted by Gasteiger charge is -2.30. The molecule has 3 aliphatic heterocycles. The standard InChI is InChI=1S/C36H35N7O/c1-24(2)28-18-30(20-32(19-28)42-16-14-41(4)15-17-42)40-36(44)33-7-5-6-26(25(33)3)10-13-31-21-39-35-22-38-34(23-43(31)35)27-8-11-29(37)12-9-27/h5-9,11-12,14,16,18-22,24,37H,15,17,23H2,1-4H3,(H,40,44)/p+1. The molecule has 0 unspecified atom stereocenters. The summed E-state index contributed by atoms with van der Waals surface area (Å²) in [5.41, 5.74) is 14.5. The number of hydrogen-bond donors (Lipinski definition) is 2. The molecule has 8 nitrogen and oxygen atoms in total. The lowest BCUT2D eigenvalue weighted by atomic mass is 10.00. The summed E-state index contributed by atoms with van der Waals surface area (Å²) >= 11 is 0. The van der Waals surface area contributed by atoms with E-state index in [-0.39, 0.29) is 5.91 Å². The molecule has 3 heterocycles. The van der Waals surface area contributed by atoms with Crippen molar-refractivity contribution < 1.29 is 9.37 Å².